The smallest absolute Gasteiger partial charge is 0.189 e. The molecule has 0 radical (unpaired) electrons. The van der Waals surface area contributed by atoms with E-state index in [4.69, 9.17) is 5.73 Å². The largest absolute Gasteiger partial charge is 0.370 e. The Hall–Kier alpha value is -0.730. The lowest BCUT2D eigenvalue weighted by Gasteiger charge is -2.39. The van der Waals surface area contributed by atoms with Gasteiger partial charge < -0.3 is 11.1 Å². The topological polar surface area (TPSA) is 50.4 Å². The van der Waals surface area contributed by atoms with Crippen LogP contribution in [0.2, 0.25) is 0 Å². The molecule has 0 saturated heterocycles. The van der Waals surface area contributed by atoms with Crippen molar-refractivity contribution in [2.75, 3.05) is 0 Å². The Morgan fingerprint density at radius 3 is 2.43 bits per heavy atom. The third-order valence-electron chi connectivity index (χ3n) is 3.53. The number of nitrogens with zero attached hydrogens (tertiary/aromatic N) is 1. The first-order valence-corrected chi connectivity index (χ1v) is 5.79. The molecule has 0 heterocycles. The quantitative estimate of drug-likeness (QED) is 0.521. The maximum absolute atomic E-state index is 5.89. The van der Waals surface area contributed by atoms with Crippen LogP contribution in [0.1, 0.15) is 51.9 Å². The highest BCUT2D eigenvalue weighted by Crippen LogP contribution is 2.30. The second-order valence-electron chi connectivity index (χ2n) is 4.99. The van der Waals surface area contributed by atoms with Gasteiger partial charge in [-0.3, -0.25) is 4.99 Å². The first-order chi connectivity index (χ1) is 6.68. The van der Waals surface area contributed by atoms with Crippen molar-refractivity contribution in [3.63, 3.8) is 0 Å². The molecule has 80 valence electrons. The van der Waals surface area contributed by atoms with E-state index in [2.05, 4.69) is 17.2 Å². The van der Waals surface area contributed by atoms with Crippen molar-refractivity contribution in [2.45, 2.75) is 63.5 Å². The van der Waals surface area contributed by atoms with Crippen molar-refractivity contribution in [3.8, 4) is 0 Å². The first kappa shape index (κ1) is 9.81. The number of hydrogen-bond acceptors (Lipinski definition) is 1. The van der Waals surface area contributed by atoms with Crippen LogP contribution in [0.3, 0.4) is 0 Å². The summed E-state index contributed by atoms with van der Waals surface area (Å²) < 4.78 is 0. The molecule has 0 aliphatic heterocycles. The highest BCUT2D eigenvalue weighted by atomic mass is 15.2. The van der Waals surface area contributed by atoms with Crippen LogP contribution >= 0.6 is 0 Å². The van der Waals surface area contributed by atoms with E-state index in [1.54, 1.807) is 0 Å². The SMILES string of the molecule is CC1(NC(N)=NC2CCCC2)CCC1. The Morgan fingerprint density at radius 2 is 1.93 bits per heavy atom. The molecule has 2 rings (SSSR count). The zero-order valence-corrected chi connectivity index (χ0v) is 9.05. The Morgan fingerprint density at radius 1 is 1.29 bits per heavy atom. The van der Waals surface area contributed by atoms with E-state index < -0.39 is 0 Å². The van der Waals surface area contributed by atoms with Gasteiger partial charge in [-0.05, 0) is 39.0 Å². The van der Waals surface area contributed by atoms with E-state index >= 15 is 0 Å². The molecule has 3 N–H and O–H groups in total. The third-order valence-corrected chi connectivity index (χ3v) is 3.53. The molecule has 2 aliphatic rings. The van der Waals surface area contributed by atoms with Gasteiger partial charge in [0.25, 0.3) is 0 Å². The molecule has 14 heavy (non-hydrogen) atoms. The summed E-state index contributed by atoms with van der Waals surface area (Å²) in [6, 6.07) is 0.492. The number of guanidine groups is 1. The predicted octanol–water partition coefficient (Wildman–Crippen LogP) is 1.78. The van der Waals surface area contributed by atoms with Crippen LogP contribution in [0.15, 0.2) is 4.99 Å². The van der Waals surface area contributed by atoms with Gasteiger partial charge in [0.15, 0.2) is 5.96 Å². The van der Waals surface area contributed by atoms with Crippen molar-refractivity contribution < 1.29 is 0 Å². The number of hydrogen-bond donors (Lipinski definition) is 2. The summed E-state index contributed by atoms with van der Waals surface area (Å²) in [5.41, 5.74) is 6.13. The summed E-state index contributed by atoms with van der Waals surface area (Å²) in [4.78, 5) is 4.53. The van der Waals surface area contributed by atoms with Gasteiger partial charge in [-0.15, -0.1) is 0 Å². The van der Waals surface area contributed by atoms with Crippen LogP contribution in [0.4, 0.5) is 0 Å². The van der Waals surface area contributed by atoms with E-state index in [1.807, 2.05) is 0 Å². The van der Waals surface area contributed by atoms with Gasteiger partial charge in [-0.2, -0.15) is 0 Å². The molecule has 0 spiro atoms. The van der Waals surface area contributed by atoms with Crippen molar-refractivity contribution >= 4 is 5.96 Å². The Kier molecular flexibility index (Phi) is 2.66. The maximum Gasteiger partial charge on any atom is 0.189 e. The van der Waals surface area contributed by atoms with Gasteiger partial charge in [0.1, 0.15) is 0 Å². The van der Waals surface area contributed by atoms with Crippen molar-refractivity contribution in [3.05, 3.63) is 0 Å². The van der Waals surface area contributed by atoms with Gasteiger partial charge in [-0.1, -0.05) is 12.8 Å². The predicted molar refractivity (Wildman–Crippen MR) is 59.3 cm³/mol. The van der Waals surface area contributed by atoms with E-state index in [-0.39, 0.29) is 5.54 Å². The van der Waals surface area contributed by atoms with Crippen molar-refractivity contribution in [2.24, 2.45) is 10.7 Å². The molecule has 0 unspecified atom stereocenters. The number of aliphatic imine (C=N–C) groups is 1. The highest BCUT2D eigenvalue weighted by molar-refractivity contribution is 5.79. The lowest BCUT2D eigenvalue weighted by atomic mass is 9.79. The van der Waals surface area contributed by atoms with Crippen LogP contribution in [0.5, 0.6) is 0 Å². The van der Waals surface area contributed by atoms with Gasteiger partial charge in [0, 0.05) is 5.54 Å². The minimum absolute atomic E-state index is 0.242. The van der Waals surface area contributed by atoms with Gasteiger partial charge in [0.2, 0.25) is 0 Å². The molecule has 2 saturated carbocycles. The second kappa shape index (κ2) is 3.79. The molecule has 2 aliphatic carbocycles. The fourth-order valence-electron chi connectivity index (χ4n) is 2.40. The van der Waals surface area contributed by atoms with Gasteiger partial charge >= 0.3 is 0 Å². The average molecular weight is 195 g/mol. The average Bonchev–Trinajstić information content (AvgIpc) is 2.53. The molecular weight excluding hydrogens is 174 g/mol. The van der Waals surface area contributed by atoms with Gasteiger partial charge in [-0.25, -0.2) is 0 Å². The zero-order valence-electron chi connectivity index (χ0n) is 9.05. The van der Waals surface area contributed by atoms with Crippen LogP contribution < -0.4 is 11.1 Å². The summed E-state index contributed by atoms with van der Waals surface area (Å²) >= 11 is 0. The Bertz CT molecular complexity index is 225. The molecule has 0 aromatic heterocycles. The van der Waals surface area contributed by atoms with Crippen LogP contribution in [-0.4, -0.2) is 17.5 Å². The summed E-state index contributed by atoms with van der Waals surface area (Å²) in [6.07, 6.45) is 8.86. The molecule has 0 aromatic rings. The van der Waals surface area contributed by atoms with E-state index in [1.165, 1.54) is 44.9 Å². The molecule has 3 nitrogen and oxygen atoms in total. The van der Waals surface area contributed by atoms with Crippen LogP contribution in [0, 0.1) is 0 Å². The first-order valence-electron chi connectivity index (χ1n) is 5.79. The lowest BCUT2D eigenvalue weighted by molar-refractivity contribution is 0.243. The van der Waals surface area contributed by atoms with Gasteiger partial charge in [0.05, 0.1) is 6.04 Å². The number of nitrogens with two attached hydrogens (primary N) is 1. The minimum Gasteiger partial charge on any atom is -0.370 e. The van der Waals surface area contributed by atoms with E-state index in [0.717, 1.165) is 0 Å². The standard InChI is InChI=1S/C11H21N3/c1-11(7-4-8-11)14-10(12)13-9-5-2-3-6-9/h9H,2-8H2,1H3,(H3,12,13,14). The van der Waals surface area contributed by atoms with Crippen molar-refractivity contribution in [1.29, 1.82) is 0 Å². The maximum atomic E-state index is 5.89. The molecule has 2 fully saturated rings. The molecule has 0 aromatic carbocycles. The molecule has 0 amide bonds. The van der Waals surface area contributed by atoms with E-state index in [9.17, 15) is 0 Å². The minimum atomic E-state index is 0.242. The van der Waals surface area contributed by atoms with Crippen LogP contribution in [-0.2, 0) is 0 Å². The third kappa shape index (κ3) is 2.20. The molecular formula is C11H21N3. The highest BCUT2D eigenvalue weighted by Gasteiger charge is 2.32. The zero-order chi connectivity index (χ0) is 10.0. The summed E-state index contributed by atoms with van der Waals surface area (Å²) in [5, 5.41) is 3.35. The molecule has 0 bridgehead atoms. The summed E-state index contributed by atoms with van der Waals surface area (Å²) in [7, 11) is 0. The summed E-state index contributed by atoms with van der Waals surface area (Å²) in [5.74, 6) is 0.666. The second-order valence-corrected chi connectivity index (χ2v) is 4.99. The Balaban J connectivity index is 1.84. The lowest BCUT2D eigenvalue weighted by Crippen LogP contribution is -2.53. The van der Waals surface area contributed by atoms with Crippen LogP contribution in [0.25, 0.3) is 0 Å². The normalized spacial score (nSPS) is 27.4. The summed E-state index contributed by atoms with van der Waals surface area (Å²) in [6.45, 7) is 2.23. The van der Waals surface area contributed by atoms with E-state index in [0.29, 0.717) is 12.0 Å². The monoisotopic (exact) mass is 195 g/mol. The molecule has 0 atom stereocenters. The number of rotatable bonds is 2. The number of nitrogens with one attached hydrogen (secondary N) is 1. The fraction of sp³-hybridized carbons (Fsp3) is 0.909. The Labute approximate surface area is 86.2 Å². The molecule has 3 heteroatoms. The van der Waals surface area contributed by atoms with Crippen molar-refractivity contribution in [1.82, 2.24) is 5.32 Å². The fourth-order valence-corrected chi connectivity index (χ4v) is 2.40.